The monoisotopic (exact) mass is 562 g/mol. The Morgan fingerprint density at radius 2 is 2.07 bits per heavy atom. The van der Waals surface area contributed by atoms with Gasteiger partial charge in [-0.1, -0.05) is 29.8 Å². The maximum atomic E-state index is 12.3. The molecule has 0 aliphatic carbocycles. The van der Waals surface area contributed by atoms with E-state index >= 15 is 0 Å². The average molecular weight is 563 g/mol. The Kier molecular flexibility index (Phi) is 10.2. The molecular weight excluding hydrogens is 535 g/mol. The van der Waals surface area contributed by atoms with Crippen LogP contribution in [0.4, 0.5) is 5.69 Å². The molecular formula is C21H28ClIN4O2S. The minimum absolute atomic E-state index is 0. The van der Waals surface area contributed by atoms with Gasteiger partial charge >= 0.3 is 0 Å². The molecule has 1 heterocycles. The van der Waals surface area contributed by atoms with Crippen LogP contribution in [-0.2, 0) is 10.8 Å². The summed E-state index contributed by atoms with van der Waals surface area (Å²) in [4.78, 5) is 7.41. The van der Waals surface area contributed by atoms with Crippen molar-refractivity contribution in [1.82, 2.24) is 10.6 Å². The molecule has 164 valence electrons. The van der Waals surface area contributed by atoms with E-state index in [1.54, 1.807) is 14.2 Å². The highest BCUT2D eigenvalue weighted by atomic mass is 127. The molecule has 0 bridgehead atoms. The zero-order valence-corrected chi connectivity index (χ0v) is 21.0. The second-order valence-corrected chi connectivity index (χ2v) is 8.76. The second kappa shape index (κ2) is 12.4. The Balaban J connectivity index is 0.00000320. The van der Waals surface area contributed by atoms with E-state index in [2.05, 4.69) is 20.5 Å². The quantitative estimate of drug-likeness (QED) is 0.307. The van der Waals surface area contributed by atoms with Crippen molar-refractivity contribution >= 4 is 58.0 Å². The molecule has 3 rings (SSSR count). The summed E-state index contributed by atoms with van der Waals surface area (Å²) in [6.07, 6.45) is 0.978. The topological polar surface area (TPSA) is 66.0 Å². The number of halogens is 2. The second-order valence-electron chi connectivity index (χ2n) is 6.75. The van der Waals surface area contributed by atoms with Crippen molar-refractivity contribution < 1.29 is 8.95 Å². The summed E-state index contributed by atoms with van der Waals surface area (Å²) in [5, 5.41) is 7.42. The van der Waals surface area contributed by atoms with E-state index in [4.69, 9.17) is 16.3 Å². The van der Waals surface area contributed by atoms with Gasteiger partial charge in [-0.15, -0.1) is 24.0 Å². The first-order chi connectivity index (χ1) is 14.1. The van der Waals surface area contributed by atoms with Crippen LogP contribution in [0.2, 0.25) is 5.02 Å². The zero-order valence-electron chi connectivity index (χ0n) is 17.1. The lowest BCUT2D eigenvalue weighted by Gasteiger charge is -2.22. The van der Waals surface area contributed by atoms with Crippen molar-refractivity contribution in [2.75, 3.05) is 44.4 Å². The van der Waals surface area contributed by atoms with Gasteiger partial charge in [0.15, 0.2) is 5.96 Å². The van der Waals surface area contributed by atoms with E-state index in [9.17, 15) is 4.21 Å². The van der Waals surface area contributed by atoms with Crippen molar-refractivity contribution in [1.29, 1.82) is 0 Å². The molecule has 0 amide bonds. The molecule has 6 nitrogen and oxygen atoms in total. The van der Waals surface area contributed by atoms with E-state index in [-0.39, 0.29) is 30.0 Å². The molecule has 1 fully saturated rings. The SMILES string of the molecule is CN=C(NCCS(=O)c1ccccc1)NC1CCN(c2cc(Cl)ccc2OC)C1.I. The molecule has 2 unspecified atom stereocenters. The number of hydrogen-bond acceptors (Lipinski definition) is 4. The third-order valence-electron chi connectivity index (χ3n) is 4.82. The summed E-state index contributed by atoms with van der Waals surface area (Å²) in [7, 11) is 2.39. The largest absolute Gasteiger partial charge is 0.495 e. The fourth-order valence-electron chi connectivity index (χ4n) is 3.35. The van der Waals surface area contributed by atoms with Gasteiger partial charge in [0.25, 0.3) is 0 Å². The molecule has 1 aliphatic heterocycles. The van der Waals surface area contributed by atoms with Crippen molar-refractivity contribution in [3.63, 3.8) is 0 Å². The molecule has 9 heteroatoms. The lowest BCUT2D eigenvalue weighted by atomic mass is 10.2. The zero-order chi connectivity index (χ0) is 20.6. The normalized spacial score (nSPS) is 17.2. The van der Waals surface area contributed by atoms with E-state index in [0.29, 0.717) is 17.3 Å². The Bertz CT molecular complexity index is 869. The molecule has 2 aromatic carbocycles. The third kappa shape index (κ3) is 6.75. The molecule has 30 heavy (non-hydrogen) atoms. The summed E-state index contributed by atoms with van der Waals surface area (Å²) in [6, 6.07) is 15.4. The average Bonchev–Trinajstić information content (AvgIpc) is 3.22. The highest BCUT2D eigenvalue weighted by Crippen LogP contribution is 2.33. The molecule has 0 spiro atoms. The van der Waals surface area contributed by atoms with Gasteiger partial charge in [-0.3, -0.25) is 9.20 Å². The highest BCUT2D eigenvalue weighted by molar-refractivity contribution is 14.0. The van der Waals surface area contributed by atoms with Crippen LogP contribution >= 0.6 is 35.6 Å². The number of rotatable bonds is 7. The van der Waals surface area contributed by atoms with Gasteiger partial charge in [-0.25, -0.2) is 0 Å². The van der Waals surface area contributed by atoms with Gasteiger partial charge in [0.2, 0.25) is 0 Å². The van der Waals surface area contributed by atoms with Crippen molar-refractivity contribution in [3.05, 3.63) is 53.6 Å². The molecule has 1 aliphatic rings. The van der Waals surface area contributed by atoms with Gasteiger partial charge in [0.1, 0.15) is 5.75 Å². The number of nitrogens with one attached hydrogen (secondary N) is 2. The number of aliphatic imine (C=N–C) groups is 1. The minimum atomic E-state index is -1.02. The van der Waals surface area contributed by atoms with Crippen LogP contribution < -0.4 is 20.3 Å². The van der Waals surface area contributed by atoms with Crippen LogP contribution in [0, 0.1) is 0 Å². The van der Waals surface area contributed by atoms with Crippen LogP contribution in [0.25, 0.3) is 0 Å². The van der Waals surface area contributed by atoms with Gasteiger partial charge in [0, 0.05) is 48.4 Å². The van der Waals surface area contributed by atoms with E-state index < -0.39 is 10.8 Å². The van der Waals surface area contributed by atoms with Crippen molar-refractivity contribution in [2.24, 2.45) is 4.99 Å². The number of benzene rings is 2. The van der Waals surface area contributed by atoms with Crippen LogP contribution in [0.15, 0.2) is 58.4 Å². The first-order valence-electron chi connectivity index (χ1n) is 9.60. The number of nitrogens with zero attached hydrogens (tertiary/aromatic N) is 2. The van der Waals surface area contributed by atoms with Gasteiger partial charge in [-0.05, 0) is 36.8 Å². The number of hydrogen-bond donors (Lipinski definition) is 2. The first-order valence-corrected chi connectivity index (χ1v) is 11.3. The van der Waals surface area contributed by atoms with Gasteiger partial charge < -0.3 is 20.3 Å². The number of methoxy groups -OCH3 is 1. The number of guanidine groups is 1. The minimum Gasteiger partial charge on any atom is -0.495 e. The Morgan fingerprint density at radius 3 is 2.77 bits per heavy atom. The maximum Gasteiger partial charge on any atom is 0.191 e. The standard InChI is InChI=1S/C21H27ClN4O2S.HI/c1-23-21(24-11-13-29(27)18-6-4-3-5-7-18)25-17-10-12-26(15-17)19-14-16(22)8-9-20(19)28-2;/h3-9,14,17H,10-13,15H2,1-2H3,(H2,23,24,25);1H. The molecule has 1 saturated heterocycles. The van der Waals surface area contributed by atoms with Crippen molar-refractivity contribution in [3.8, 4) is 5.75 Å². The third-order valence-corrected chi connectivity index (χ3v) is 6.43. The fourth-order valence-corrected chi connectivity index (χ4v) is 4.50. The predicted molar refractivity (Wildman–Crippen MR) is 136 cm³/mol. The summed E-state index contributed by atoms with van der Waals surface area (Å²) in [6.45, 7) is 2.32. The van der Waals surface area contributed by atoms with E-state index in [0.717, 1.165) is 41.8 Å². The van der Waals surface area contributed by atoms with Gasteiger partial charge in [0.05, 0.1) is 23.6 Å². The molecule has 0 saturated carbocycles. The van der Waals surface area contributed by atoms with E-state index in [1.807, 2.05) is 48.5 Å². The van der Waals surface area contributed by atoms with Crippen LogP contribution in [0.5, 0.6) is 5.75 Å². The molecule has 0 radical (unpaired) electrons. The van der Waals surface area contributed by atoms with Crippen molar-refractivity contribution in [2.45, 2.75) is 17.4 Å². The number of ether oxygens (including phenoxy) is 1. The summed E-state index contributed by atoms with van der Waals surface area (Å²) in [5.74, 6) is 2.07. The van der Waals surface area contributed by atoms with Gasteiger partial charge in [-0.2, -0.15) is 0 Å². The molecule has 2 atom stereocenters. The molecule has 2 aromatic rings. The molecule has 2 N–H and O–H groups in total. The fraction of sp³-hybridized carbons (Fsp3) is 0.381. The first kappa shape index (κ1) is 24.7. The summed E-state index contributed by atoms with van der Waals surface area (Å²) >= 11 is 6.17. The Labute approximate surface area is 202 Å². The lowest BCUT2D eigenvalue weighted by Crippen LogP contribution is -2.45. The van der Waals surface area contributed by atoms with Crippen LogP contribution in [0.1, 0.15) is 6.42 Å². The predicted octanol–water partition coefficient (Wildman–Crippen LogP) is 3.52. The van der Waals surface area contributed by atoms with E-state index in [1.165, 1.54) is 0 Å². The Hall–Kier alpha value is -1.52. The highest BCUT2D eigenvalue weighted by Gasteiger charge is 2.25. The maximum absolute atomic E-state index is 12.3. The van der Waals surface area contributed by atoms with Crippen LogP contribution in [0.3, 0.4) is 0 Å². The smallest absolute Gasteiger partial charge is 0.191 e. The summed E-state index contributed by atoms with van der Waals surface area (Å²) in [5.41, 5.74) is 1.01. The van der Waals surface area contributed by atoms with Crippen LogP contribution in [-0.4, -0.2) is 55.8 Å². The Morgan fingerprint density at radius 1 is 1.30 bits per heavy atom. The lowest BCUT2D eigenvalue weighted by molar-refractivity contribution is 0.415. The summed E-state index contributed by atoms with van der Waals surface area (Å²) < 4.78 is 17.8. The molecule has 0 aromatic heterocycles. The number of anilines is 1.